The number of nitrogens with one attached hydrogen (secondary N) is 2. The van der Waals surface area contributed by atoms with Crippen LogP contribution >= 0.6 is 0 Å². The van der Waals surface area contributed by atoms with E-state index in [2.05, 4.69) is 20.6 Å². The summed E-state index contributed by atoms with van der Waals surface area (Å²) in [6, 6.07) is 3.03. The van der Waals surface area contributed by atoms with Gasteiger partial charge in [-0.05, 0) is 52.1 Å². The van der Waals surface area contributed by atoms with Crippen molar-refractivity contribution < 1.29 is 26.7 Å². The van der Waals surface area contributed by atoms with Crippen molar-refractivity contribution in [2.24, 2.45) is 5.92 Å². The van der Waals surface area contributed by atoms with E-state index in [0.29, 0.717) is 37.3 Å². The van der Waals surface area contributed by atoms with Crippen molar-refractivity contribution in [2.45, 2.75) is 50.7 Å². The molecule has 1 aromatic carbocycles. The number of rotatable bonds is 7. The highest BCUT2D eigenvalue weighted by Gasteiger charge is 2.26. The fraction of sp³-hybridized carbons (Fsp3) is 0.522. The number of aromatic nitrogens is 2. The molecule has 1 aliphatic rings. The Kier molecular flexibility index (Phi) is 8.26. The third kappa shape index (κ3) is 7.82. The zero-order valence-corrected chi connectivity index (χ0v) is 21.1. The molecule has 0 aliphatic carbocycles. The van der Waals surface area contributed by atoms with Gasteiger partial charge in [0, 0.05) is 38.0 Å². The van der Waals surface area contributed by atoms with Crippen LogP contribution in [-0.2, 0) is 21.1 Å². The SMILES string of the molecule is CC(C)(C)OC(=O)N1CCC(CNCc2cc(Nc3cc(F)c(S(C)(=O)=O)cc3F)ncn2)CC1. The molecule has 0 unspecified atom stereocenters. The second-order valence-electron chi connectivity index (χ2n) is 9.60. The standard InChI is InChI=1S/C23H31F2N5O4S/c1-23(2,3)34-22(31)30-7-5-15(6-8-30)12-26-13-16-9-21(28-14-27-16)29-19-10-18(25)20(11-17(19)24)35(4,32)33/h9-11,14-15,26H,5-8,12-13H2,1-4H3,(H,27,28,29). The molecule has 1 amide bonds. The van der Waals surface area contributed by atoms with Gasteiger partial charge in [0.2, 0.25) is 0 Å². The summed E-state index contributed by atoms with van der Waals surface area (Å²) >= 11 is 0. The minimum absolute atomic E-state index is 0.232. The van der Waals surface area contributed by atoms with Gasteiger partial charge in [-0.1, -0.05) is 0 Å². The molecule has 1 aromatic heterocycles. The number of carbonyl (C=O) groups excluding carboxylic acids is 1. The van der Waals surface area contributed by atoms with Crippen LogP contribution in [0.15, 0.2) is 29.4 Å². The number of halogens is 2. The molecule has 192 valence electrons. The van der Waals surface area contributed by atoms with Crippen LogP contribution in [0, 0.1) is 17.6 Å². The van der Waals surface area contributed by atoms with Gasteiger partial charge in [0.15, 0.2) is 9.84 Å². The molecule has 2 aromatic rings. The third-order valence-corrected chi connectivity index (χ3v) is 6.52. The van der Waals surface area contributed by atoms with E-state index in [-0.39, 0.29) is 17.6 Å². The lowest BCUT2D eigenvalue weighted by molar-refractivity contribution is 0.0184. The van der Waals surface area contributed by atoms with Crippen molar-refractivity contribution in [3.05, 3.63) is 41.9 Å². The number of benzene rings is 1. The van der Waals surface area contributed by atoms with E-state index in [1.165, 1.54) is 6.33 Å². The minimum atomic E-state index is -3.89. The van der Waals surface area contributed by atoms with Crippen molar-refractivity contribution in [3.63, 3.8) is 0 Å². The first kappa shape index (κ1) is 26.7. The molecule has 0 radical (unpaired) electrons. The molecular formula is C23H31F2N5O4S. The molecule has 0 atom stereocenters. The predicted molar refractivity (Wildman–Crippen MR) is 127 cm³/mol. The van der Waals surface area contributed by atoms with Crippen molar-refractivity contribution in [1.29, 1.82) is 0 Å². The Morgan fingerprint density at radius 1 is 1.14 bits per heavy atom. The molecule has 2 heterocycles. The average molecular weight is 512 g/mol. The monoisotopic (exact) mass is 511 g/mol. The molecule has 3 rings (SSSR count). The average Bonchev–Trinajstić information content (AvgIpc) is 2.75. The van der Waals surface area contributed by atoms with Crippen molar-refractivity contribution in [1.82, 2.24) is 20.2 Å². The number of sulfone groups is 1. The first-order valence-electron chi connectivity index (χ1n) is 11.3. The topological polar surface area (TPSA) is 114 Å². The molecule has 1 fully saturated rings. The fourth-order valence-electron chi connectivity index (χ4n) is 3.66. The Morgan fingerprint density at radius 2 is 1.83 bits per heavy atom. The van der Waals surface area contributed by atoms with Gasteiger partial charge in [-0.15, -0.1) is 0 Å². The zero-order chi connectivity index (χ0) is 25.8. The van der Waals surface area contributed by atoms with Crippen LogP contribution in [0.25, 0.3) is 0 Å². The van der Waals surface area contributed by atoms with Crippen LogP contribution < -0.4 is 10.6 Å². The molecule has 0 bridgehead atoms. The fourth-order valence-corrected chi connectivity index (χ4v) is 4.39. The van der Waals surface area contributed by atoms with Crippen LogP contribution in [-0.4, -0.2) is 60.9 Å². The van der Waals surface area contributed by atoms with Gasteiger partial charge < -0.3 is 20.3 Å². The number of carbonyl (C=O) groups is 1. The second kappa shape index (κ2) is 10.8. The Bertz CT molecular complexity index is 1160. The summed E-state index contributed by atoms with van der Waals surface area (Å²) < 4.78 is 57.0. The number of hydrogen-bond acceptors (Lipinski definition) is 8. The Hall–Kier alpha value is -2.86. The van der Waals surface area contributed by atoms with Gasteiger partial charge in [-0.2, -0.15) is 0 Å². The normalized spacial score (nSPS) is 15.2. The van der Waals surface area contributed by atoms with Crippen molar-refractivity contribution in [2.75, 3.05) is 31.2 Å². The molecule has 35 heavy (non-hydrogen) atoms. The number of anilines is 2. The number of hydrogen-bond donors (Lipinski definition) is 2. The lowest BCUT2D eigenvalue weighted by Crippen LogP contribution is -2.43. The van der Waals surface area contributed by atoms with E-state index in [1.807, 2.05) is 20.8 Å². The summed E-state index contributed by atoms with van der Waals surface area (Å²) in [4.78, 5) is 21.4. The van der Waals surface area contributed by atoms with E-state index < -0.39 is 32.0 Å². The van der Waals surface area contributed by atoms with Crippen LogP contribution in [0.2, 0.25) is 0 Å². The van der Waals surface area contributed by atoms with E-state index in [4.69, 9.17) is 4.74 Å². The quantitative estimate of drug-likeness (QED) is 0.579. The Morgan fingerprint density at radius 3 is 2.46 bits per heavy atom. The molecule has 1 saturated heterocycles. The van der Waals surface area contributed by atoms with E-state index >= 15 is 0 Å². The van der Waals surface area contributed by atoms with Crippen LogP contribution in [0.1, 0.15) is 39.3 Å². The summed E-state index contributed by atoms with van der Waals surface area (Å²) in [6.45, 7) is 8.00. The van der Waals surface area contributed by atoms with E-state index in [9.17, 15) is 22.0 Å². The summed E-state index contributed by atoms with van der Waals surface area (Å²) in [7, 11) is -3.89. The number of nitrogens with zero attached hydrogens (tertiary/aromatic N) is 3. The maximum absolute atomic E-state index is 14.3. The first-order chi connectivity index (χ1) is 16.3. The summed E-state index contributed by atoms with van der Waals surface area (Å²) in [5.41, 5.74) is -0.105. The summed E-state index contributed by atoms with van der Waals surface area (Å²) in [5.74, 6) is -1.32. The highest BCUT2D eigenvalue weighted by molar-refractivity contribution is 7.90. The van der Waals surface area contributed by atoms with Gasteiger partial charge in [0.1, 0.15) is 34.3 Å². The highest BCUT2D eigenvalue weighted by Crippen LogP contribution is 2.25. The van der Waals surface area contributed by atoms with Gasteiger partial charge in [0.25, 0.3) is 0 Å². The van der Waals surface area contributed by atoms with E-state index in [1.54, 1.807) is 11.0 Å². The molecule has 0 saturated carbocycles. The predicted octanol–water partition coefficient (Wildman–Crippen LogP) is 3.64. The maximum atomic E-state index is 14.3. The van der Waals surface area contributed by atoms with Gasteiger partial charge in [0.05, 0.1) is 11.4 Å². The Labute approximate surface area is 204 Å². The maximum Gasteiger partial charge on any atom is 0.410 e. The minimum Gasteiger partial charge on any atom is -0.444 e. The molecule has 12 heteroatoms. The third-order valence-electron chi connectivity index (χ3n) is 5.41. The molecule has 2 N–H and O–H groups in total. The molecule has 0 spiro atoms. The molecular weight excluding hydrogens is 480 g/mol. The van der Waals surface area contributed by atoms with Gasteiger partial charge >= 0.3 is 6.09 Å². The molecule has 1 aliphatic heterocycles. The van der Waals surface area contributed by atoms with Crippen LogP contribution in [0.3, 0.4) is 0 Å². The molecule has 9 nitrogen and oxygen atoms in total. The second-order valence-corrected chi connectivity index (χ2v) is 11.6. The number of ether oxygens (including phenoxy) is 1. The van der Waals surface area contributed by atoms with Gasteiger partial charge in [-0.25, -0.2) is 32.0 Å². The lowest BCUT2D eigenvalue weighted by Gasteiger charge is -2.33. The number of amides is 1. The smallest absolute Gasteiger partial charge is 0.410 e. The summed E-state index contributed by atoms with van der Waals surface area (Å²) in [5, 5.41) is 6.00. The number of piperidine rings is 1. The first-order valence-corrected chi connectivity index (χ1v) is 13.2. The van der Waals surface area contributed by atoms with Crippen LogP contribution in [0.4, 0.5) is 25.1 Å². The van der Waals surface area contributed by atoms with Crippen molar-refractivity contribution >= 4 is 27.4 Å². The summed E-state index contributed by atoms with van der Waals surface area (Å²) in [6.07, 6.45) is 3.55. The largest absolute Gasteiger partial charge is 0.444 e. The van der Waals surface area contributed by atoms with Gasteiger partial charge in [-0.3, -0.25) is 0 Å². The van der Waals surface area contributed by atoms with Crippen molar-refractivity contribution in [3.8, 4) is 0 Å². The van der Waals surface area contributed by atoms with Crippen LogP contribution in [0.5, 0.6) is 0 Å². The lowest BCUT2D eigenvalue weighted by atomic mass is 9.97. The Balaban J connectivity index is 1.50. The highest BCUT2D eigenvalue weighted by atomic mass is 32.2. The van der Waals surface area contributed by atoms with E-state index in [0.717, 1.165) is 31.7 Å². The number of likely N-dealkylation sites (tertiary alicyclic amines) is 1. The zero-order valence-electron chi connectivity index (χ0n) is 20.3.